The fourth-order valence-corrected chi connectivity index (χ4v) is 5.60. The van der Waals surface area contributed by atoms with Gasteiger partial charge in [-0.25, -0.2) is 8.42 Å². The van der Waals surface area contributed by atoms with Gasteiger partial charge in [-0.1, -0.05) is 12.1 Å². The number of allylic oxidation sites excluding steroid dienone is 1. The summed E-state index contributed by atoms with van der Waals surface area (Å²) in [7, 11) is -4.08. The van der Waals surface area contributed by atoms with Crippen molar-refractivity contribution < 1.29 is 23.1 Å². The van der Waals surface area contributed by atoms with Crippen LogP contribution < -0.4 is 16.0 Å². The third-order valence-electron chi connectivity index (χ3n) is 5.68. The van der Waals surface area contributed by atoms with Gasteiger partial charge in [-0.05, 0) is 73.0 Å². The van der Waals surface area contributed by atoms with Crippen molar-refractivity contribution in [2.45, 2.75) is 29.4 Å². The van der Waals surface area contributed by atoms with E-state index >= 15 is 0 Å². The minimum atomic E-state index is -4.08. The van der Waals surface area contributed by atoms with Gasteiger partial charge in [-0.3, -0.25) is 14.6 Å². The summed E-state index contributed by atoms with van der Waals surface area (Å²) in [5.74, 6) is -0.713. The van der Waals surface area contributed by atoms with Crippen LogP contribution in [0.5, 0.6) is 0 Å². The second-order valence-corrected chi connectivity index (χ2v) is 10.4. The van der Waals surface area contributed by atoms with E-state index in [1.54, 1.807) is 36.4 Å². The van der Waals surface area contributed by atoms with Crippen molar-refractivity contribution in [3.05, 3.63) is 96.1 Å². The number of carboxylic acids is 1. The van der Waals surface area contributed by atoms with Crippen LogP contribution in [0.25, 0.3) is 0 Å². The maximum atomic E-state index is 13.4. The standard InChI is InChI=1S/C26H26N4O5S/c31-25(32)16-23(19-5-4-13-27-17-19)36(34,35)22-7-3-6-21(15-22)30-26(33)18-9-11-20(12-10-18)29-24-8-1-2-14-28-24/h3-13,15,17,23,28-29H,1-2,14,16H2,(H,30,33)(H,31,32). The molecule has 0 saturated heterocycles. The van der Waals surface area contributed by atoms with Crippen molar-refractivity contribution in [3.8, 4) is 0 Å². The number of aliphatic carboxylic acids is 1. The molecule has 2 aromatic carbocycles. The lowest BCUT2D eigenvalue weighted by atomic mass is 10.1. The quantitative estimate of drug-likeness (QED) is 0.342. The van der Waals surface area contributed by atoms with Crippen LogP contribution in [0.3, 0.4) is 0 Å². The predicted molar refractivity (Wildman–Crippen MR) is 136 cm³/mol. The molecule has 0 radical (unpaired) electrons. The highest BCUT2D eigenvalue weighted by Crippen LogP contribution is 2.32. The van der Waals surface area contributed by atoms with Crippen molar-refractivity contribution in [2.24, 2.45) is 0 Å². The summed E-state index contributed by atoms with van der Waals surface area (Å²) in [4.78, 5) is 28.0. The van der Waals surface area contributed by atoms with Gasteiger partial charge in [0.1, 0.15) is 5.25 Å². The Bertz CT molecular complexity index is 1370. The zero-order valence-corrected chi connectivity index (χ0v) is 20.2. The Labute approximate surface area is 209 Å². The molecule has 0 fully saturated rings. The van der Waals surface area contributed by atoms with Crippen LogP contribution in [-0.2, 0) is 14.6 Å². The summed E-state index contributed by atoms with van der Waals surface area (Å²) in [5, 5.41) is 17.2. The molecule has 0 aliphatic carbocycles. The number of hydrogen-bond donors (Lipinski definition) is 4. The van der Waals surface area contributed by atoms with Gasteiger partial charge in [-0.15, -0.1) is 0 Å². The molecule has 1 aliphatic rings. The maximum Gasteiger partial charge on any atom is 0.305 e. The molecule has 3 aromatic rings. The SMILES string of the molecule is O=C(O)CC(c1cccnc1)S(=O)(=O)c1cccc(NC(=O)c2ccc(NC3=CCCCN3)cc2)c1. The van der Waals surface area contributed by atoms with Gasteiger partial charge in [0.25, 0.3) is 5.91 Å². The maximum absolute atomic E-state index is 13.4. The molecule has 36 heavy (non-hydrogen) atoms. The fraction of sp³-hybridized carbons (Fsp3) is 0.192. The van der Waals surface area contributed by atoms with Gasteiger partial charge in [0.15, 0.2) is 9.84 Å². The largest absolute Gasteiger partial charge is 0.481 e. The first-order valence-corrected chi connectivity index (χ1v) is 13.0. The minimum Gasteiger partial charge on any atom is -0.481 e. The van der Waals surface area contributed by atoms with Crippen molar-refractivity contribution in [2.75, 3.05) is 17.2 Å². The number of pyridine rings is 1. The Balaban J connectivity index is 1.50. The molecule has 1 aliphatic heterocycles. The van der Waals surface area contributed by atoms with Crippen molar-refractivity contribution in [3.63, 3.8) is 0 Å². The Hall–Kier alpha value is -4.18. The molecule has 9 nitrogen and oxygen atoms in total. The Morgan fingerprint density at radius 3 is 2.53 bits per heavy atom. The lowest BCUT2D eigenvalue weighted by molar-refractivity contribution is -0.137. The van der Waals surface area contributed by atoms with Gasteiger partial charge < -0.3 is 21.1 Å². The number of nitrogens with zero attached hydrogens (tertiary/aromatic N) is 1. The van der Waals surface area contributed by atoms with E-state index in [1.165, 1.54) is 36.7 Å². The van der Waals surface area contributed by atoms with Crippen LogP contribution >= 0.6 is 0 Å². The molecule has 186 valence electrons. The number of anilines is 2. The number of aromatic nitrogens is 1. The first-order chi connectivity index (χ1) is 17.3. The highest BCUT2D eigenvalue weighted by Gasteiger charge is 2.31. The highest BCUT2D eigenvalue weighted by molar-refractivity contribution is 7.91. The summed E-state index contributed by atoms with van der Waals surface area (Å²) in [6, 6.07) is 15.8. The van der Waals surface area contributed by atoms with Crippen LogP contribution in [0.15, 0.2) is 89.8 Å². The number of carboxylic acid groups (broad SMARTS) is 1. The zero-order chi connectivity index (χ0) is 25.5. The topological polar surface area (TPSA) is 137 Å². The second-order valence-electron chi connectivity index (χ2n) is 8.29. The Morgan fingerprint density at radius 1 is 1.06 bits per heavy atom. The summed E-state index contributed by atoms with van der Waals surface area (Å²) < 4.78 is 26.7. The normalized spacial score (nSPS) is 14.2. The molecule has 1 aromatic heterocycles. The number of sulfone groups is 1. The smallest absolute Gasteiger partial charge is 0.305 e. The van der Waals surface area contributed by atoms with Crippen LogP contribution in [0.1, 0.15) is 40.4 Å². The summed E-state index contributed by atoms with van der Waals surface area (Å²) >= 11 is 0. The number of carbonyl (C=O) groups is 2. The molecule has 1 atom stereocenters. The van der Waals surface area contributed by atoms with Gasteiger partial charge in [0.05, 0.1) is 17.1 Å². The van der Waals surface area contributed by atoms with Gasteiger partial charge >= 0.3 is 5.97 Å². The van der Waals surface area contributed by atoms with Crippen molar-refractivity contribution >= 4 is 33.1 Å². The van der Waals surface area contributed by atoms with Crippen molar-refractivity contribution in [1.82, 2.24) is 10.3 Å². The van der Waals surface area contributed by atoms with E-state index in [9.17, 15) is 23.1 Å². The molecule has 0 spiro atoms. The molecule has 0 saturated carbocycles. The monoisotopic (exact) mass is 506 g/mol. The molecule has 1 unspecified atom stereocenters. The average Bonchev–Trinajstić information content (AvgIpc) is 2.89. The van der Waals surface area contributed by atoms with E-state index in [-0.39, 0.29) is 16.1 Å². The minimum absolute atomic E-state index is 0.0943. The van der Waals surface area contributed by atoms with Gasteiger partial charge in [0, 0.05) is 35.9 Å². The lowest BCUT2D eigenvalue weighted by Crippen LogP contribution is -2.23. The molecule has 0 bridgehead atoms. The lowest BCUT2D eigenvalue weighted by Gasteiger charge is -2.17. The second kappa shape index (κ2) is 11.0. The number of carbonyl (C=O) groups excluding carboxylic acids is 1. The number of benzene rings is 2. The summed E-state index contributed by atoms with van der Waals surface area (Å²) in [5.41, 5.74) is 1.79. The Kier molecular flexibility index (Phi) is 7.65. The van der Waals surface area contributed by atoms with Crippen LogP contribution in [-0.4, -0.2) is 36.9 Å². The van der Waals surface area contributed by atoms with Crippen LogP contribution in [0, 0.1) is 0 Å². The summed E-state index contributed by atoms with van der Waals surface area (Å²) in [6.45, 7) is 0.910. The number of amides is 1. The molecule has 10 heteroatoms. The van der Waals surface area contributed by atoms with E-state index in [0.29, 0.717) is 5.56 Å². The van der Waals surface area contributed by atoms with E-state index in [2.05, 4.69) is 27.0 Å². The van der Waals surface area contributed by atoms with Crippen LogP contribution in [0.4, 0.5) is 11.4 Å². The third-order valence-corrected chi connectivity index (χ3v) is 7.78. The zero-order valence-electron chi connectivity index (χ0n) is 19.3. The predicted octanol–water partition coefficient (Wildman–Crippen LogP) is 3.96. The molecule has 4 rings (SSSR count). The average molecular weight is 507 g/mol. The van der Waals surface area contributed by atoms with E-state index in [0.717, 1.165) is 30.9 Å². The molecule has 1 amide bonds. The van der Waals surface area contributed by atoms with E-state index < -0.39 is 33.4 Å². The molecular formula is C26H26N4O5S. The highest BCUT2D eigenvalue weighted by atomic mass is 32.2. The number of rotatable bonds is 9. The van der Waals surface area contributed by atoms with Gasteiger partial charge in [-0.2, -0.15) is 0 Å². The first-order valence-electron chi connectivity index (χ1n) is 11.4. The van der Waals surface area contributed by atoms with E-state index in [4.69, 9.17) is 0 Å². The molecule has 2 heterocycles. The van der Waals surface area contributed by atoms with Crippen molar-refractivity contribution in [1.29, 1.82) is 0 Å². The summed E-state index contributed by atoms with van der Waals surface area (Å²) in [6.07, 6.45) is 6.39. The van der Waals surface area contributed by atoms with Crippen LogP contribution in [0.2, 0.25) is 0 Å². The third kappa shape index (κ3) is 6.08. The van der Waals surface area contributed by atoms with Gasteiger partial charge in [0.2, 0.25) is 0 Å². The fourth-order valence-electron chi connectivity index (χ4n) is 3.85. The van der Waals surface area contributed by atoms with E-state index in [1.807, 2.05) is 0 Å². The molecular weight excluding hydrogens is 480 g/mol. The molecule has 4 N–H and O–H groups in total. The number of nitrogens with one attached hydrogen (secondary N) is 3. The number of hydrogen-bond acceptors (Lipinski definition) is 7. The Morgan fingerprint density at radius 2 is 1.86 bits per heavy atom. The first kappa shape index (κ1) is 24.9.